The van der Waals surface area contributed by atoms with Crippen LogP contribution in [0, 0.1) is 5.82 Å². The first-order valence-electron chi connectivity index (χ1n) is 8.75. The molecule has 1 unspecified atom stereocenters. The molecule has 144 valence electrons. The summed E-state index contributed by atoms with van der Waals surface area (Å²) in [5, 5.41) is 0. The Labute approximate surface area is 156 Å². The van der Waals surface area contributed by atoms with Crippen LogP contribution >= 0.6 is 0 Å². The zero-order valence-corrected chi connectivity index (χ0v) is 15.2. The predicted molar refractivity (Wildman–Crippen MR) is 91.8 cm³/mol. The summed E-state index contributed by atoms with van der Waals surface area (Å²) < 4.78 is 19.3. The number of benzene rings is 1. The van der Waals surface area contributed by atoms with E-state index in [1.165, 1.54) is 37.3 Å². The second-order valence-electron chi connectivity index (χ2n) is 6.94. The Morgan fingerprint density at radius 3 is 2.59 bits per heavy atom. The summed E-state index contributed by atoms with van der Waals surface area (Å²) in [5.41, 5.74) is -1.58. The lowest BCUT2D eigenvalue weighted by Crippen LogP contribution is -2.46. The second kappa shape index (κ2) is 7.09. The fourth-order valence-electron chi connectivity index (χ4n) is 3.99. The molecule has 27 heavy (non-hydrogen) atoms. The van der Waals surface area contributed by atoms with E-state index >= 15 is 0 Å². The van der Waals surface area contributed by atoms with Crippen molar-refractivity contribution in [1.29, 1.82) is 0 Å². The molecule has 2 fully saturated rings. The van der Waals surface area contributed by atoms with Crippen LogP contribution in [0.25, 0.3) is 0 Å². The van der Waals surface area contributed by atoms with Gasteiger partial charge in [0.05, 0.1) is 12.5 Å². The molecule has 2 atom stereocenters. The van der Waals surface area contributed by atoms with Gasteiger partial charge in [0.15, 0.2) is 0 Å². The monoisotopic (exact) mass is 376 g/mol. The van der Waals surface area contributed by atoms with Gasteiger partial charge < -0.3 is 9.64 Å². The number of amides is 3. The molecule has 2 aliphatic rings. The molecular formula is C19H21FN2O5. The molecule has 0 saturated carbocycles. The summed E-state index contributed by atoms with van der Waals surface area (Å²) in [5.74, 6) is -2.72. The topological polar surface area (TPSA) is 84.0 Å². The Kier molecular flexibility index (Phi) is 4.99. The summed E-state index contributed by atoms with van der Waals surface area (Å²) in [6, 6.07) is 4.95. The Morgan fingerprint density at radius 2 is 2.00 bits per heavy atom. The third-order valence-corrected chi connectivity index (χ3v) is 5.43. The van der Waals surface area contributed by atoms with Crippen LogP contribution < -0.4 is 0 Å². The molecule has 0 aromatic heterocycles. The van der Waals surface area contributed by atoms with E-state index in [0.29, 0.717) is 19.4 Å². The summed E-state index contributed by atoms with van der Waals surface area (Å²) in [6.45, 7) is 0.351. The highest BCUT2D eigenvalue weighted by Gasteiger charge is 2.54. The lowest BCUT2D eigenvalue weighted by atomic mass is 9.75. The predicted octanol–water partition coefficient (Wildman–Crippen LogP) is 1.01. The van der Waals surface area contributed by atoms with Crippen LogP contribution in [-0.2, 0) is 29.3 Å². The van der Waals surface area contributed by atoms with E-state index in [4.69, 9.17) is 4.74 Å². The van der Waals surface area contributed by atoms with Gasteiger partial charge in [0.25, 0.3) is 0 Å². The standard InChI is InChI=1S/C19H21FN2O5/c1-21-15(23)10-19(18(21)26,12-6-3-4-7-13(12)20)11-16(24)22-9-5-8-14(22)17(25)27-2/h3-4,6-7,14H,5,8-11H2,1-2H3/t14-,19?/m0/s1. The van der Waals surface area contributed by atoms with Crippen molar-refractivity contribution in [3.05, 3.63) is 35.6 Å². The van der Waals surface area contributed by atoms with Crippen molar-refractivity contribution >= 4 is 23.7 Å². The molecule has 0 aliphatic carbocycles. The van der Waals surface area contributed by atoms with Crippen LogP contribution in [0.2, 0.25) is 0 Å². The quantitative estimate of drug-likeness (QED) is 0.578. The average Bonchev–Trinajstić information content (AvgIpc) is 3.22. The number of likely N-dealkylation sites (N-methyl/N-ethyl adjacent to an activating group) is 1. The SMILES string of the molecule is COC(=O)[C@@H]1CCCN1C(=O)CC1(c2ccccc2F)CC(=O)N(C)C1=O. The Hall–Kier alpha value is -2.77. The van der Waals surface area contributed by atoms with Gasteiger partial charge in [-0.15, -0.1) is 0 Å². The van der Waals surface area contributed by atoms with Crippen molar-refractivity contribution < 1.29 is 28.3 Å². The van der Waals surface area contributed by atoms with Gasteiger partial charge in [-0.25, -0.2) is 9.18 Å². The van der Waals surface area contributed by atoms with Crippen molar-refractivity contribution in [2.75, 3.05) is 20.7 Å². The van der Waals surface area contributed by atoms with Gasteiger partial charge in [0.1, 0.15) is 11.9 Å². The van der Waals surface area contributed by atoms with E-state index in [0.717, 1.165) is 4.90 Å². The summed E-state index contributed by atoms with van der Waals surface area (Å²) in [6.07, 6.45) is 0.435. The minimum atomic E-state index is -1.60. The van der Waals surface area contributed by atoms with Gasteiger partial charge >= 0.3 is 5.97 Å². The molecule has 2 saturated heterocycles. The Bertz CT molecular complexity index is 811. The maximum absolute atomic E-state index is 14.5. The molecule has 2 heterocycles. The molecule has 1 aromatic carbocycles. The second-order valence-corrected chi connectivity index (χ2v) is 6.94. The van der Waals surface area contributed by atoms with Crippen LogP contribution in [0.3, 0.4) is 0 Å². The summed E-state index contributed by atoms with van der Waals surface area (Å²) in [4.78, 5) is 52.3. The summed E-state index contributed by atoms with van der Waals surface area (Å²) >= 11 is 0. The van der Waals surface area contributed by atoms with E-state index in [9.17, 15) is 23.6 Å². The third kappa shape index (κ3) is 3.09. The average molecular weight is 376 g/mol. The number of nitrogens with zero attached hydrogens (tertiary/aromatic N) is 2. The zero-order valence-electron chi connectivity index (χ0n) is 15.2. The molecular weight excluding hydrogens is 355 g/mol. The summed E-state index contributed by atoms with van der Waals surface area (Å²) in [7, 11) is 2.57. The van der Waals surface area contributed by atoms with Crippen molar-refractivity contribution in [1.82, 2.24) is 9.80 Å². The van der Waals surface area contributed by atoms with Gasteiger partial charge in [-0.3, -0.25) is 19.3 Å². The zero-order chi connectivity index (χ0) is 19.8. The van der Waals surface area contributed by atoms with E-state index < -0.39 is 41.0 Å². The number of hydrogen-bond acceptors (Lipinski definition) is 5. The number of carbonyl (C=O) groups excluding carboxylic acids is 4. The number of likely N-dealkylation sites (tertiary alicyclic amines) is 2. The molecule has 7 nitrogen and oxygen atoms in total. The van der Waals surface area contributed by atoms with E-state index in [2.05, 4.69) is 0 Å². The van der Waals surface area contributed by atoms with Crippen molar-refractivity contribution in [2.45, 2.75) is 37.1 Å². The third-order valence-electron chi connectivity index (χ3n) is 5.43. The van der Waals surface area contributed by atoms with E-state index in [1.807, 2.05) is 0 Å². The number of carbonyl (C=O) groups is 4. The molecule has 0 N–H and O–H groups in total. The molecule has 8 heteroatoms. The fraction of sp³-hybridized carbons (Fsp3) is 0.474. The number of esters is 1. The first-order valence-corrected chi connectivity index (χ1v) is 8.75. The maximum atomic E-state index is 14.5. The number of ether oxygens (including phenoxy) is 1. The number of methoxy groups -OCH3 is 1. The molecule has 2 aliphatic heterocycles. The van der Waals surface area contributed by atoms with Crippen molar-refractivity contribution in [3.8, 4) is 0 Å². The maximum Gasteiger partial charge on any atom is 0.328 e. The molecule has 0 radical (unpaired) electrons. The lowest BCUT2D eigenvalue weighted by Gasteiger charge is -2.30. The molecule has 0 spiro atoms. The first kappa shape index (κ1) is 19.0. The van der Waals surface area contributed by atoms with Crippen LogP contribution in [0.5, 0.6) is 0 Å². The minimum Gasteiger partial charge on any atom is -0.467 e. The normalized spacial score (nSPS) is 25.2. The highest BCUT2D eigenvalue weighted by molar-refractivity contribution is 6.10. The van der Waals surface area contributed by atoms with Crippen LogP contribution in [-0.4, -0.2) is 60.2 Å². The number of rotatable bonds is 4. The molecule has 0 bridgehead atoms. The lowest BCUT2D eigenvalue weighted by molar-refractivity contribution is -0.151. The fourth-order valence-corrected chi connectivity index (χ4v) is 3.99. The van der Waals surface area contributed by atoms with E-state index in [1.54, 1.807) is 6.07 Å². The van der Waals surface area contributed by atoms with Gasteiger partial charge in [-0.2, -0.15) is 0 Å². The largest absolute Gasteiger partial charge is 0.467 e. The van der Waals surface area contributed by atoms with Gasteiger partial charge in [0, 0.05) is 32.0 Å². The van der Waals surface area contributed by atoms with Gasteiger partial charge in [-0.05, 0) is 18.9 Å². The first-order chi connectivity index (χ1) is 12.8. The highest BCUT2D eigenvalue weighted by atomic mass is 19.1. The van der Waals surface area contributed by atoms with Crippen LogP contribution in [0.15, 0.2) is 24.3 Å². The Morgan fingerprint density at radius 1 is 1.30 bits per heavy atom. The minimum absolute atomic E-state index is 0.0230. The van der Waals surface area contributed by atoms with E-state index in [-0.39, 0.29) is 18.4 Å². The van der Waals surface area contributed by atoms with Crippen LogP contribution in [0.1, 0.15) is 31.2 Å². The smallest absolute Gasteiger partial charge is 0.328 e. The highest BCUT2D eigenvalue weighted by Crippen LogP contribution is 2.41. The van der Waals surface area contributed by atoms with Gasteiger partial charge in [-0.1, -0.05) is 18.2 Å². The van der Waals surface area contributed by atoms with Crippen LogP contribution in [0.4, 0.5) is 4.39 Å². The van der Waals surface area contributed by atoms with Crippen molar-refractivity contribution in [3.63, 3.8) is 0 Å². The molecule has 1 aromatic rings. The molecule has 3 rings (SSSR count). The Balaban J connectivity index is 1.97. The number of hydrogen-bond donors (Lipinski definition) is 0. The number of imide groups is 1. The number of halogens is 1. The van der Waals surface area contributed by atoms with Gasteiger partial charge in [0.2, 0.25) is 17.7 Å². The van der Waals surface area contributed by atoms with Crippen molar-refractivity contribution in [2.24, 2.45) is 0 Å². The molecule has 3 amide bonds.